The van der Waals surface area contributed by atoms with E-state index in [1.54, 1.807) is 39.3 Å². The number of amides is 2. The zero-order valence-corrected chi connectivity index (χ0v) is 19.5. The summed E-state index contributed by atoms with van der Waals surface area (Å²) in [4.78, 5) is 39.1. The van der Waals surface area contributed by atoms with Crippen LogP contribution in [0.25, 0.3) is 0 Å². The number of anilines is 1. The largest absolute Gasteiger partial charge is 0.493 e. The maximum absolute atomic E-state index is 12.8. The van der Waals surface area contributed by atoms with Crippen molar-refractivity contribution in [2.24, 2.45) is 0 Å². The van der Waals surface area contributed by atoms with E-state index in [1.165, 1.54) is 4.90 Å². The highest BCUT2D eigenvalue weighted by molar-refractivity contribution is 6.05. The van der Waals surface area contributed by atoms with Crippen LogP contribution in [0.3, 0.4) is 0 Å². The Morgan fingerprint density at radius 2 is 1.85 bits per heavy atom. The number of nitrogens with zero attached hydrogens (tertiary/aromatic N) is 1. The van der Waals surface area contributed by atoms with Crippen LogP contribution in [-0.2, 0) is 16.0 Å². The summed E-state index contributed by atoms with van der Waals surface area (Å²) in [5.74, 6) is 1.12. The molecule has 0 fully saturated rings. The molecule has 2 amide bonds. The number of carbonyl (C=O) groups is 3. The quantitative estimate of drug-likeness (QED) is 0.554. The van der Waals surface area contributed by atoms with Crippen molar-refractivity contribution in [3.63, 3.8) is 0 Å². The molecule has 1 aliphatic heterocycles. The lowest BCUT2D eigenvalue weighted by Crippen LogP contribution is -2.49. The molecule has 2 aromatic carbocycles. The number of nitrogens with one attached hydrogen (secondary N) is 1. The van der Waals surface area contributed by atoms with Gasteiger partial charge in [0, 0.05) is 18.5 Å². The van der Waals surface area contributed by atoms with Crippen LogP contribution in [0.4, 0.5) is 5.69 Å². The van der Waals surface area contributed by atoms with Crippen LogP contribution in [0, 0.1) is 0 Å². The van der Waals surface area contributed by atoms with E-state index in [9.17, 15) is 14.4 Å². The molecule has 0 radical (unpaired) electrons. The van der Waals surface area contributed by atoms with Crippen molar-refractivity contribution in [3.05, 3.63) is 47.5 Å². The third-order valence-corrected chi connectivity index (χ3v) is 5.45. The van der Waals surface area contributed by atoms with Crippen molar-refractivity contribution >= 4 is 23.3 Å². The summed E-state index contributed by atoms with van der Waals surface area (Å²) >= 11 is 0. The Bertz CT molecular complexity index is 1040. The van der Waals surface area contributed by atoms with Gasteiger partial charge in [0.15, 0.2) is 23.4 Å². The molecule has 1 N–H and O–H groups in total. The van der Waals surface area contributed by atoms with Crippen LogP contribution in [0.5, 0.6) is 17.2 Å². The summed E-state index contributed by atoms with van der Waals surface area (Å²) in [6.07, 6.45) is 1.02. The van der Waals surface area contributed by atoms with Gasteiger partial charge in [-0.15, -0.1) is 0 Å². The summed E-state index contributed by atoms with van der Waals surface area (Å²) in [5.41, 5.74) is 1.92. The number of rotatable bonds is 10. The minimum Gasteiger partial charge on any atom is -0.493 e. The topological polar surface area (TPSA) is 94.2 Å². The molecule has 1 atom stereocenters. The molecule has 8 nitrogen and oxygen atoms in total. The molecule has 33 heavy (non-hydrogen) atoms. The third-order valence-electron chi connectivity index (χ3n) is 5.45. The van der Waals surface area contributed by atoms with Crippen molar-refractivity contribution < 1.29 is 28.6 Å². The fourth-order valence-electron chi connectivity index (χ4n) is 3.70. The average Bonchev–Trinajstić information content (AvgIpc) is 2.81. The fraction of sp³-hybridized carbons (Fsp3) is 0.400. The predicted octanol–water partition coefficient (Wildman–Crippen LogP) is 3.16. The number of carbonyl (C=O) groups excluding carboxylic acids is 3. The van der Waals surface area contributed by atoms with Crippen LogP contribution in [0.2, 0.25) is 0 Å². The highest BCUT2D eigenvalue weighted by Crippen LogP contribution is 2.35. The highest BCUT2D eigenvalue weighted by atomic mass is 16.5. The number of Topliss-reactive ketones (excluding diaryl/α,β-unsaturated/α-hetero) is 1. The summed E-state index contributed by atoms with van der Waals surface area (Å²) in [5, 5.41) is 2.86. The van der Waals surface area contributed by atoms with E-state index in [1.807, 2.05) is 25.1 Å². The van der Waals surface area contributed by atoms with Crippen LogP contribution in [0.1, 0.15) is 42.6 Å². The lowest BCUT2D eigenvalue weighted by atomic mass is 10.0. The number of hydrogen-bond donors (Lipinski definition) is 1. The van der Waals surface area contributed by atoms with Gasteiger partial charge in [0.2, 0.25) is 5.91 Å². The Kier molecular flexibility index (Phi) is 7.92. The van der Waals surface area contributed by atoms with Crippen molar-refractivity contribution in [2.45, 2.75) is 39.2 Å². The minimum absolute atomic E-state index is 0.00862. The van der Waals surface area contributed by atoms with Crippen LogP contribution < -0.4 is 24.4 Å². The fourth-order valence-corrected chi connectivity index (χ4v) is 3.70. The number of ether oxygens (including phenoxy) is 3. The molecular formula is C25H30N2O6. The van der Waals surface area contributed by atoms with Crippen LogP contribution in [-0.4, -0.2) is 51.0 Å². The number of fused-ring (bicyclic) bond motifs is 1. The second kappa shape index (κ2) is 10.8. The molecule has 0 saturated carbocycles. The summed E-state index contributed by atoms with van der Waals surface area (Å²) < 4.78 is 16.2. The van der Waals surface area contributed by atoms with Crippen LogP contribution in [0.15, 0.2) is 36.4 Å². The Labute approximate surface area is 193 Å². The molecule has 1 heterocycles. The van der Waals surface area contributed by atoms with Gasteiger partial charge in [-0.05, 0) is 55.7 Å². The molecule has 0 aliphatic carbocycles. The standard InChI is InChI=1S/C25H30N2O6/c1-5-6-20(28)18-8-10-21-19(14-18)27(25(30)16(2)33-21)15-24(29)26-12-11-17-7-9-22(31-3)23(13-17)32-4/h7-10,13-14,16H,5-6,11-12,15H2,1-4H3,(H,26,29). The van der Waals surface area contributed by atoms with Gasteiger partial charge in [0.05, 0.1) is 19.9 Å². The predicted molar refractivity (Wildman–Crippen MR) is 124 cm³/mol. The molecule has 2 aromatic rings. The van der Waals surface area contributed by atoms with E-state index in [0.29, 0.717) is 47.9 Å². The lowest BCUT2D eigenvalue weighted by molar-refractivity contribution is -0.128. The highest BCUT2D eigenvalue weighted by Gasteiger charge is 2.33. The van der Waals surface area contributed by atoms with E-state index >= 15 is 0 Å². The summed E-state index contributed by atoms with van der Waals surface area (Å²) in [6.45, 7) is 3.81. The van der Waals surface area contributed by atoms with Gasteiger partial charge >= 0.3 is 0 Å². The first kappa shape index (κ1) is 24.1. The molecule has 0 aromatic heterocycles. The van der Waals surface area contributed by atoms with Gasteiger partial charge < -0.3 is 19.5 Å². The van der Waals surface area contributed by atoms with Gasteiger partial charge in [0.25, 0.3) is 5.91 Å². The third kappa shape index (κ3) is 5.63. The monoisotopic (exact) mass is 454 g/mol. The molecule has 0 saturated heterocycles. The Balaban J connectivity index is 1.67. The van der Waals surface area contributed by atoms with E-state index in [4.69, 9.17) is 14.2 Å². The first-order chi connectivity index (χ1) is 15.9. The van der Waals surface area contributed by atoms with Crippen LogP contribution >= 0.6 is 0 Å². The SMILES string of the molecule is CCCC(=O)c1ccc2c(c1)N(CC(=O)NCCc1ccc(OC)c(OC)c1)C(=O)C(C)O2. The number of ketones is 1. The second-order valence-corrected chi connectivity index (χ2v) is 7.83. The van der Waals surface area contributed by atoms with Crippen molar-refractivity contribution in [3.8, 4) is 17.2 Å². The number of hydrogen-bond acceptors (Lipinski definition) is 6. The Morgan fingerprint density at radius 3 is 2.55 bits per heavy atom. The molecule has 1 unspecified atom stereocenters. The van der Waals surface area contributed by atoms with E-state index in [2.05, 4.69) is 5.32 Å². The van der Waals surface area contributed by atoms with Crippen molar-refractivity contribution in [2.75, 3.05) is 32.2 Å². The molecule has 0 spiro atoms. The van der Waals surface area contributed by atoms with E-state index < -0.39 is 6.10 Å². The smallest absolute Gasteiger partial charge is 0.268 e. The Morgan fingerprint density at radius 1 is 1.09 bits per heavy atom. The Hall–Kier alpha value is -3.55. The first-order valence-corrected chi connectivity index (χ1v) is 11.0. The molecule has 8 heteroatoms. The first-order valence-electron chi connectivity index (χ1n) is 11.0. The van der Waals surface area contributed by atoms with E-state index in [-0.39, 0.29) is 24.1 Å². The van der Waals surface area contributed by atoms with E-state index in [0.717, 1.165) is 12.0 Å². The second-order valence-electron chi connectivity index (χ2n) is 7.83. The van der Waals surface area contributed by atoms with Gasteiger partial charge in [-0.25, -0.2) is 0 Å². The normalized spacial score (nSPS) is 14.8. The molecule has 1 aliphatic rings. The maximum Gasteiger partial charge on any atom is 0.268 e. The lowest BCUT2D eigenvalue weighted by Gasteiger charge is -2.32. The van der Waals surface area contributed by atoms with Crippen molar-refractivity contribution in [1.29, 1.82) is 0 Å². The average molecular weight is 455 g/mol. The zero-order chi connectivity index (χ0) is 24.0. The van der Waals surface area contributed by atoms with Gasteiger partial charge in [0.1, 0.15) is 12.3 Å². The summed E-state index contributed by atoms with van der Waals surface area (Å²) in [6, 6.07) is 10.6. The van der Waals surface area contributed by atoms with Gasteiger partial charge in [-0.1, -0.05) is 13.0 Å². The summed E-state index contributed by atoms with van der Waals surface area (Å²) in [7, 11) is 3.15. The molecule has 0 bridgehead atoms. The number of benzene rings is 2. The van der Waals surface area contributed by atoms with Crippen molar-refractivity contribution in [1.82, 2.24) is 5.32 Å². The molecule has 3 rings (SSSR count). The van der Waals surface area contributed by atoms with Gasteiger partial charge in [-0.3, -0.25) is 19.3 Å². The molecular weight excluding hydrogens is 424 g/mol. The number of methoxy groups -OCH3 is 2. The zero-order valence-electron chi connectivity index (χ0n) is 19.5. The maximum atomic E-state index is 12.8. The van der Waals surface area contributed by atoms with Gasteiger partial charge in [-0.2, -0.15) is 0 Å². The minimum atomic E-state index is -0.714. The molecule has 176 valence electrons.